The van der Waals surface area contributed by atoms with Gasteiger partial charge in [0, 0.05) is 32.2 Å². The van der Waals surface area contributed by atoms with E-state index in [1.54, 1.807) is 28.5 Å². The maximum Gasteiger partial charge on any atom is 0.0392 e. The highest BCUT2D eigenvalue weighted by atomic mass is 32.1. The SMILES string of the molecule is CS.Cc1ccc2c(c1)C(N1CCN(C)CC1)Cc1ccccc1CC2. The molecule has 0 saturated carbocycles. The molecule has 26 heavy (non-hydrogen) atoms. The van der Waals surface area contributed by atoms with Gasteiger partial charge in [-0.15, -0.1) is 0 Å². The van der Waals surface area contributed by atoms with Crippen molar-refractivity contribution in [2.75, 3.05) is 39.5 Å². The molecule has 4 rings (SSSR count). The molecule has 2 nitrogen and oxygen atoms in total. The number of likely N-dealkylation sites (N-methyl/N-ethyl adjacent to an activating group) is 1. The predicted octanol–water partition coefficient (Wildman–Crippen LogP) is 4.17. The van der Waals surface area contributed by atoms with Crippen molar-refractivity contribution in [2.24, 2.45) is 0 Å². The summed E-state index contributed by atoms with van der Waals surface area (Å²) in [5.74, 6) is 0. The summed E-state index contributed by atoms with van der Waals surface area (Å²) in [6.45, 7) is 6.94. The fraction of sp³-hybridized carbons (Fsp3) is 0.478. The second kappa shape index (κ2) is 9.07. The van der Waals surface area contributed by atoms with E-state index in [4.69, 9.17) is 0 Å². The Kier molecular flexibility index (Phi) is 6.80. The average Bonchev–Trinajstić information content (AvgIpc) is 2.67. The number of thiol groups is 1. The molecular weight excluding hydrogens is 336 g/mol. The zero-order chi connectivity index (χ0) is 18.5. The highest BCUT2D eigenvalue weighted by Crippen LogP contribution is 2.33. The third kappa shape index (κ3) is 4.33. The topological polar surface area (TPSA) is 6.48 Å². The molecule has 2 aliphatic rings. The summed E-state index contributed by atoms with van der Waals surface area (Å²) in [4.78, 5) is 5.17. The Hall–Kier alpha value is -1.29. The first-order valence-corrected chi connectivity index (χ1v) is 10.6. The van der Waals surface area contributed by atoms with E-state index in [9.17, 15) is 0 Å². The standard InChI is InChI=1S/C22H28N2.CH4S/c1-17-7-8-19-10-9-18-5-3-4-6-20(18)16-22(21(19)15-17)24-13-11-23(2)12-14-24;1-2/h3-8,15,22H,9-14,16H2,1-2H3;2H,1H3. The predicted molar refractivity (Wildman–Crippen MR) is 115 cm³/mol. The lowest BCUT2D eigenvalue weighted by molar-refractivity contribution is 0.110. The summed E-state index contributed by atoms with van der Waals surface area (Å²) in [6.07, 6.45) is 5.18. The van der Waals surface area contributed by atoms with Crippen molar-refractivity contribution in [3.8, 4) is 0 Å². The number of nitrogens with zero attached hydrogens (tertiary/aromatic N) is 2. The Bertz CT molecular complexity index is 720. The van der Waals surface area contributed by atoms with Crippen LogP contribution in [0.5, 0.6) is 0 Å². The molecule has 0 radical (unpaired) electrons. The maximum absolute atomic E-state index is 3.53. The quantitative estimate of drug-likeness (QED) is 0.755. The van der Waals surface area contributed by atoms with Gasteiger partial charge in [0.15, 0.2) is 0 Å². The maximum atomic E-state index is 3.53. The van der Waals surface area contributed by atoms with E-state index < -0.39 is 0 Å². The van der Waals surface area contributed by atoms with Crippen LogP contribution in [-0.4, -0.2) is 49.3 Å². The summed E-state index contributed by atoms with van der Waals surface area (Å²) in [5, 5.41) is 0. The molecule has 1 aliphatic carbocycles. The van der Waals surface area contributed by atoms with E-state index in [-0.39, 0.29) is 0 Å². The molecule has 0 N–H and O–H groups in total. The minimum Gasteiger partial charge on any atom is -0.304 e. The summed E-state index contributed by atoms with van der Waals surface area (Å²) in [6, 6.07) is 16.7. The second-order valence-electron chi connectivity index (χ2n) is 7.53. The molecule has 0 spiro atoms. The molecule has 0 aromatic heterocycles. The van der Waals surface area contributed by atoms with Crippen LogP contribution in [0.25, 0.3) is 0 Å². The highest BCUT2D eigenvalue weighted by molar-refractivity contribution is 7.79. The Morgan fingerprint density at radius 3 is 2.23 bits per heavy atom. The molecule has 1 aliphatic heterocycles. The summed E-state index contributed by atoms with van der Waals surface area (Å²) in [7, 11) is 2.24. The molecule has 1 saturated heterocycles. The molecule has 1 atom stereocenters. The van der Waals surface area contributed by atoms with E-state index in [1.165, 1.54) is 38.2 Å². The van der Waals surface area contributed by atoms with Gasteiger partial charge in [-0.25, -0.2) is 0 Å². The van der Waals surface area contributed by atoms with E-state index in [0.29, 0.717) is 6.04 Å². The van der Waals surface area contributed by atoms with Gasteiger partial charge in [0.25, 0.3) is 0 Å². The van der Waals surface area contributed by atoms with Crippen LogP contribution in [0.4, 0.5) is 0 Å². The van der Waals surface area contributed by atoms with Gasteiger partial charge in [0.2, 0.25) is 0 Å². The fourth-order valence-electron chi connectivity index (χ4n) is 4.30. The van der Waals surface area contributed by atoms with Gasteiger partial charge in [-0.05, 0) is 61.7 Å². The molecule has 0 amide bonds. The van der Waals surface area contributed by atoms with Gasteiger partial charge < -0.3 is 4.90 Å². The molecule has 1 unspecified atom stereocenters. The van der Waals surface area contributed by atoms with Crippen LogP contribution in [0.15, 0.2) is 42.5 Å². The number of hydrogen-bond donors (Lipinski definition) is 1. The molecule has 0 bridgehead atoms. The van der Waals surface area contributed by atoms with Crippen molar-refractivity contribution in [2.45, 2.75) is 32.2 Å². The minimum absolute atomic E-state index is 0.523. The number of piperazine rings is 1. The number of rotatable bonds is 1. The van der Waals surface area contributed by atoms with Crippen molar-refractivity contribution in [3.05, 3.63) is 70.3 Å². The summed E-state index contributed by atoms with van der Waals surface area (Å²) in [5.41, 5.74) is 7.62. The van der Waals surface area contributed by atoms with Crippen molar-refractivity contribution in [1.82, 2.24) is 9.80 Å². The van der Waals surface area contributed by atoms with Gasteiger partial charge >= 0.3 is 0 Å². The van der Waals surface area contributed by atoms with Crippen LogP contribution in [0.2, 0.25) is 0 Å². The largest absolute Gasteiger partial charge is 0.304 e. The Morgan fingerprint density at radius 1 is 0.846 bits per heavy atom. The molecule has 2 aromatic rings. The molecule has 3 heteroatoms. The molecular formula is C23H32N2S. The van der Waals surface area contributed by atoms with E-state index in [1.807, 2.05) is 0 Å². The van der Waals surface area contributed by atoms with Crippen LogP contribution in [0.1, 0.15) is 33.9 Å². The van der Waals surface area contributed by atoms with Crippen molar-refractivity contribution >= 4 is 12.6 Å². The lowest BCUT2D eigenvalue weighted by Gasteiger charge is -2.40. The van der Waals surface area contributed by atoms with Crippen molar-refractivity contribution < 1.29 is 0 Å². The van der Waals surface area contributed by atoms with Gasteiger partial charge in [-0.3, -0.25) is 4.90 Å². The van der Waals surface area contributed by atoms with Crippen LogP contribution in [0, 0.1) is 6.92 Å². The first kappa shape index (κ1) is 19.5. The van der Waals surface area contributed by atoms with Gasteiger partial charge in [-0.1, -0.05) is 48.0 Å². The second-order valence-corrected chi connectivity index (χ2v) is 7.53. The number of aryl methyl sites for hydroxylation is 3. The van der Waals surface area contributed by atoms with Crippen LogP contribution >= 0.6 is 12.6 Å². The van der Waals surface area contributed by atoms with Gasteiger partial charge in [0.1, 0.15) is 0 Å². The zero-order valence-electron chi connectivity index (χ0n) is 16.4. The first-order chi connectivity index (χ1) is 12.7. The zero-order valence-corrected chi connectivity index (χ0v) is 17.3. The average molecular weight is 369 g/mol. The summed E-state index contributed by atoms with van der Waals surface area (Å²) >= 11 is 3.53. The van der Waals surface area contributed by atoms with Gasteiger partial charge in [0.05, 0.1) is 0 Å². The fourth-order valence-corrected chi connectivity index (χ4v) is 4.30. The molecule has 1 heterocycles. The van der Waals surface area contributed by atoms with E-state index >= 15 is 0 Å². The normalized spacial score (nSPS) is 20.8. The highest BCUT2D eigenvalue weighted by Gasteiger charge is 2.27. The Balaban J connectivity index is 0.000000948. The monoisotopic (exact) mass is 368 g/mol. The molecule has 140 valence electrons. The first-order valence-electron chi connectivity index (χ1n) is 9.74. The van der Waals surface area contributed by atoms with Crippen LogP contribution in [-0.2, 0) is 19.3 Å². The lowest BCUT2D eigenvalue weighted by atomic mass is 9.84. The van der Waals surface area contributed by atoms with Crippen LogP contribution < -0.4 is 0 Å². The summed E-state index contributed by atoms with van der Waals surface area (Å²) < 4.78 is 0. The Labute approximate surface area is 164 Å². The Morgan fingerprint density at radius 2 is 1.50 bits per heavy atom. The van der Waals surface area contributed by atoms with E-state index in [2.05, 4.69) is 78.9 Å². The third-order valence-electron chi connectivity index (χ3n) is 5.83. The smallest absolute Gasteiger partial charge is 0.0392 e. The van der Waals surface area contributed by atoms with Crippen LogP contribution in [0.3, 0.4) is 0 Å². The number of fused-ring (bicyclic) bond motifs is 2. The van der Waals surface area contributed by atoms with Crippen molar-refractivity contribution in [3.63, 3.8) is 0 Å². The molecule has 2 aromatic carbocycles. The van der Waals surface area contributed by atoms with Crippen molar-refractivity contribution in [1.29, 1.82) is 0 Å². The number of hydrogen-bond acceptors (Lipinski definition) is 3. The lowest BCUT2D eigenvalue weighted by Crippen LogP contribution is -2.46. The minimum atomic E-state index is 0.523. The number of benzene rings is 2. The van der Waals surface area contributed by atoms with E-state index in [0.717, 1.165) is 12.8 Å². The third-order valence-corrected chi connectivity index (χ3v) is 5.83. The molecule has 1 fully saturated rings. The van der Waals surface area contributed by atoms with Gasteiger partial charge in [-0.2, -0.15) is 12.6 Å².